The van der Waals surface area contributed by atoms with Gasteiger partial charge in [-0.15, -0.1) is 0 Å². The topological polar surface area (TPSA) is 53.7 Å². The number of aryl methyl sites for hydroxylation is 2. The Morgan fingerprint density at radius 1 is 1.06 bits per heavy atom. The molecule has 0 aliphatic carbocycles. The molecule has 2 aromatic carbocycles. The summed E-state index contributed by atoms with van der Waals surface area (Å²) in [6.45, 7) is 5.13. The Labute approximate surface area is 187 Å². The third-order valence-electron chi connectivity index (χ3n) is 6.35. The van der Waals surface area contributed by atoms with Gasteiger partial charge in [0.05, 0.1) is 24.0 Å². The molecule has 3 heterocycles. The van der Waals surface area contributed by atoms with E-state index in [1.54, 1.807) is 12.1 Å². The Balaban J connectivity index is 1.79. The number of halogens is 1. The normalized spacial score (nSPS) is 16.2. The van der Waals surface area contributed by atoms with E-state index >= 15 is 0 Å². The number of aliphatic hydroxyl groups is 1. The van der Waals surface area contributed by atoms with Crippen LogP contribution in [0.3, 0.4) is 0 Å². The van der Waals surface area contributed by atoms with Crippen LogP contribution in [0.4, 0.5) is 10.2 Å². The van der Waals surface area contributed by atoms with Crippen LogP contribution in [0.1, 0.15) is 31.0 Å². The fourth-order valence-corrected chi connectivity index (χ4v) is 4.61. The number of hydrogen-bond donors (Lipinski definition) is 1. The molecule has 1 fully saturated rings. The summed E-state index contributed by atoms with van der Waals surface area (Å²) in [7, 11) is 0. The maximum atomic E-state index is 13.6. The molecule has 0 radical (unpaired) electrons. The minimum absolute atomic E-state index is 0.0578. The standard InChI is InChI=1S/C26H27FN4O/c1-3-22-25(19-8-6-17(2)7-9-19)26-28-24(30-14-4-5-21(30)16-32)15-23(31(26)29-22)18-10-12-20(27)13-11-18/h6-13,15,21,32H,3-5,14,16H2,1-2H3. The van der Waals surface area contributed by atoms with Gasteiger partial charge in [0.1, 0.15) is 11.6 Å². The van der Waals surface area contributed by atoms with Gasteiger partial charge in [-0.25, -0.2) is 13.9 Å². The zero-order valence-corrected chi connectivity index (χ0v) is 18.4. The zero-order chi connectivity index (χ0) is 22.2. The molecule has 0 bridgehead atoms. The largest absolute Gasteiger partial charge is 0.394 e. The van der Waals surface area contributed by atoms with Crippen molar-refractivity contribution in [3.05, 3.63) is 71.7 Å². The van der Waals surface area contributed by atoms with Crippen LogP contribution >= 0.6 is 0 Å². The zero-order valence-electron chi connectivity index (χ0n) is 18.4. The molecule has 5 nitrogen and oxygen atoms in total. The van der Waals surface area contributed by atoms with Crippen LogP contribution in [-0.2, 0) is 6.42 Å². The van der Waals surface area contributed by atoms with E-state index < -0.39 is 0 Å². The summed E-state index contributed by atoms with van der Waals surface area (Å²) in [6.07, 6.45) is 2.74. The Kier molecular flexibility index (Phi) is 5.39. The molecule has 1 aliphatic heterocycles. The average molecular weight is 431 g/mol. The van der Waals surface area contributed by atoms with Gasteiger partial charge >= 0.3 is 0 Å². The minimum atomic E-state index is -0.269. The second-order valence-electron chi connectivity index (χ2n) is 8.46. The van der Waals surface area contributed by atoms with Crippen molar-refractivity contribution >= 4 is 11.5 Å². The van der Waals surface area contributed by atoms with Crippen molar-refractivity contribution in [2.24, 2.45) is 0 Å². The molecule has 0 spiro atoms. The van der Waals surface area contributed by atoms with E-state index in [9.17, 15) is 9.50 Å². The molecular weight excluding hydrogens is 403 g/mol. The van der Waals surface area contributed by atoms with Gasteiger partial charge in [0.2, 0.25) is 0 Å². The molecule has 4 aromatic rings. The molecule has 1 atom stereocenters. The van der Waals surface area contributed by atoms with Gasteiger partial charge in [0.15, 0.2) is 5.65 Å². The fourth-order valence-electron chi connectivity index (χ4n) is 4.61. The molecule has 6 heteroatoms. The summed E-state index contributed by atoms with van der Waals surface area (Å²) < 4.78 is 15.5. The van der Waals surface area contributed by atoms with Crippen LogP contribution in [0.15, 0.2) is 54.6 Å². The lowest BCUT2D eigenvalue weighted by atomic mass is 10.0. The van der Waals surface area contributed by atoms with E-state index in [4.69, 9.17) is 10.1 Å². The van der Waals surface area contributed by atoms with Crippen molar-refractivity contribution in [2.75, 3.05) is 18.1 Å². The quantitative estimate of drug-likeness (QED) is 0.482. The van der Waals surface area contributed by atoms with Gasteiger partial charge in [-0.3, -0.25) is 0 Å². The molecule has 1 saturated heterocycles. The summed E-state index contributed by atoms with van der Waals surface area (Å²) >= 11 is 0. The lowest BCUT2D eigenvalue weighted by Gasteiger charge is -2.25. The van der Waals surface area contributed by atoms with Gasteiger partial charge in [-0.05, 0) is 56.0 Å². The first-order chi connectivity index (χ1) is 15.6. The first-order valence-electron chi connectivity index (χ1n) is 11.2. The number of aromatic nitrogens is 3. The van der Waals surface area contributed by atoms with E-state index in [2.05, 4.69) is 43.0 Å². The number of anilines is 1. The molecular formula is C26H27FN4O. The SMILES string of the molecule is CCc1nn2c(-c3ccc(F)cc3)cc(N3CCCC3CO)nc2c1-c1ccc(C)cc1. The molecule has 32 heavy (non-hydrogen) atoms. The van der Waals surface area contributed by atoms with E-state index in [1.807, 2.05) is 10.6 Å². The molecule has 1 N–H and O–H groups in total. The number of fused-ring (bicyclic) bond motifs is 1. The number of hydrogen-bond acceptors (Lipinski definition) is 4. The second kappa shape index (κ2) is 8.36. The van der Waals surface area contributed by atoms with Crippen LogP contribution in [0, 0.1) is 12.7 Å². The summed E-state index contributed by atoms with van der Waals surface area (Å²) in [6, 6.07) is 17.0. The van der Waals surface area contributed by atoms with Crippen LogP contribution in [0.2, 0.25) is 0 Å². The second-order valence-corrected chi connectivity index (χ2v) is 8.46. The third-order valence-corrected chi connectivity index (χ3v) is 6.35. The van der Waals surface area contributed by atoms with Gasteiger partial charge in [0, 0.05) is 23.7 Å². The molecule has 2 aromatic heterocycles. The van der Waals surface area contributed by atoms with Gasteiger partial charge < -0.3 is 10.0 Å². The van der Waals surface area contributed by atoms with Crippen LogP contribution in [0.25, 0.3) is 28.0 Å². The van der Waals surface area contributed by atoms with Gasteiger partial charge in [0.25, 0.3) is 0 Å². The lowest BCUT2D eigenvalue weighted by Crippen LogP contribution is -2.32. The summed E-state index contributed by atoms with van der Waals surface area (Å²) in [5.41, 5.74) is 6.80. The Morgan fingerprint density at radius 3 is 2.47 bits per heavy atom. The van der Waals surface area contributed by atoms with Crippen LogP contribution in [-0.4, -0.2) is 38.9 Å². The van der Waals surface area contributed by atoms with Crippen molar-refractivity contribution in [2.45, 2.75) is 39.2 Å². The van der Waals surface area contributed by atoms with E-state index in [1.165, 1.54) is 17.7 Å². The molecule has 164 valence electrons. The highest BCUT2D eigenvalue weighted by molar-refractivity contribution is 5.83. The Bertz CT molecular complexity index is 1250. The monoisotopic (exact) mass is 430 g/mol. The fraction of sp³-hybridized carbons (Fsp3) is 0.308. The van der Waals surface area contributed by atoms with E-state index in [-0.39, 0.29) is 18.5 Å². The van der Waals surface area contributed by atoms with E-state index in [0.29, 0.717) is 0 Å². The third kappa shape index (κ3) is 3.54. The maximum Gasteiger partial charge on any atom is 0.166 e. The summed E-state index contributed by atoms with van der Waals surface area (Å²) in [5, 5.41) is 14.8. The van der Waals surface area contributed by atoms with Gasteiger partial charge in [-0.1, -0.05) is 36.8 Å². The molecule has 1 unspecified atom stereocenters. The smallest absolute Gasteiger partial charge is 0.166 e. The Hall–Kier alpha value is -3.25. The Morgan fingerprint density at radius 2 is 1.78 bits per heavy atom. The van der Waals surface area contributed by atoms with Crippen molar-refractivity contribution in [3.8, 4) is 22.4 Å². The summed E-state index contributed by atoms with van der Waals surface area (Å²) in [4.78, 5) is 7.25. The summed E-state index contributed by atoms with van der Waals surface area (Å²) in [5.74, 6) is 0.554. The van der Waals surface area contributed by atoms with Crippen molar-refractivity contribution in [3.63, 3.8) is 0 Å². The van der Waals surface area contributed by atoms with Crippen LogP contribution < -0.4 is 4.90 Å². The first kappa shape index (κ1) is 20.6. The van der Waals surface area contributed by atoms with Crippen LogP contribution in [0.5, 0.6) is 0 Å². The molecule has 1 aliphatic rings. The first-order valence-corrected chi connectivity index (χ1v) is 11.2. The predicted octanol–water partition coefficient (Wildman–Crippen LogP) is 5.03. The van der Waals surface area contributed by atoms with Crippen molar-refractivity contribution in [1.29, 1.82) is 0 Å². The highest BCUT2D eigenvalue weighted by atomic mass is 19.1. The molecule has 0 saturated carbocycles. The minimum Gasteiger partial charge on any atom is -0.394 e. The molecule has 5 rings (SSSR count). The highest BCUT2D eigenvalue weighted by Gasteiger charge is 2.27. The lowest BCUT2D eigenvalue weighted by molar-refractivity contribution is 0.266. The number of aliphatic hydroxyl groups excluding tert-OH is 1. The molecule has 0 amide bonds. The highest BCUT2D eigenvalue weighted by Crippen LogP contribution is 2.35. The average Bonchev–Trinajstić information content (AvgIpc) is 3.44. The van der Waals surface area contributed by atoms with Gasteiger partial charge in [-0.2, -0.15) is 5.10 Å². The number of rotatable bonds is 5. The predicted molar refractivity (Wildman–Crippen MR) is 125 cm³/mol. The number of benzene rings is 2. The van der Waals surface area contributed by atoms with Crippen molar-refractivity contribution < 1.29 is 9.50 Å². The van der Waals surface area contributed by atoms with Crippen molar-refractivity contribution in [1.82, 2.24) is 14.6 Å². The maximum absolute atomic E-state index is 13.6. The van der Waals surface area contributed by atoms with E-state index in [0.717, 1.165) is 65.4 Å². The number of nitrogens with zero attached hydrogens (tertiary/aromatic N) is 4.